The number of aryl methyl sites for hydroxylation is 1. The molecule has 4 heteroatoms. The van der Waals surface area contributed by atoms with Crippen LogP contribution in [0.1, 0.15) is 11.5 Å². The summed E-state index contributed by atoms with van der Waals surface area (Å²) >= 11 is 5.79. The van der Waals surface area contributed by atoms with Gasteiger partial charge in [0.05, 0.1) is 5.69 Å². The minimum Gasteiger partial charge on any atom is -0.341 e. The van der Waals surface area contributed by atoms with Crippen LogP contribution in [0.4, 0.5) is 0 Å². The van der Waals surface area contributed by atoms with Gasteiger partial charge in [0.25, 0.3) is 0 Å². The number of nitrogens with zero attached hydrogens (tertiary/aromatic N) is 2. The van der Waals surface area contributed by atoms with E-state index >= 15 is 0 Å². The summed E-state index contributed by atoms with van der Waals surface area (Å²) < 4.78 is 0. The van der Waals surface area contributed by atoms with Gasteiger partial charge in [-0.1, -0.05) is 23.7 Å². The highest BCUT2D eigenvalue weighted by molar-refractivity contribution is 6.30. The van der Waals surface area contributed by atoms with Crippen LogP contribution in [-0.4, -0.2) is 9.97 Å². The fourth-order valence-electron chi connectivity index (χ4n) is 1.40. The number of halogens is 1. The Morgan fingerprint density at radius 1 is 1.33 bits per heavy atom. The average molecular weight is 218 g/mol. The van der Waals surface area contributed by atoms with Gasteiger partial charge in [-0.05, 0) is 19.1 Å². The molecule has 1 aromatic heterocycles. The van der Waals surface area contributed by atoms with Crippen LogP contribution in [0.25, 0.3) is 11.3 Å². The van der Waals surface area contributed by atoms with Gasteiger partial charge >= 0.3 is 0 Å². The van der Waals surface area contributed by atoms with E-state index in [1.54, 1.807) is 12.1 Å². The fourth-order valence-corrected chi connectivity index (χ4v) is 1.52. The largest absolute Gasteiger partial charge is 0.341 e. The number of aromatic amines is 1. The first kappa shape index (κ1) is 9.75. The molecule has 74 valence electrons. The number of imidazole rings is 1. The summed E-state index contributed by atoms with van der Waals surface area (Å²) in [5.74, 6) is 0.733. The quantitative estimate of drug-likeness (QED) is 0.799. The maximum Gasteiger partial charge on any atom is 0.166 e. The molecule has 2 aromatic rings. The molecule has 0 amide bonds. The summed E-state index contributed by atoms with van der Waals surface area (Å²) in [6, 6.07) is 9.34. The van der Waals surface area contributed by atoms with E-state index in [4.69, 9.17) is 16.9 Å². The minimum absolute atomic E-state index is 0.412. The van der Waals surface area contributed by atoms with Gasteiger partial charge in [-0.3, -0.25) is 0 Å². The molecule has 1 heterocycles. The standard InChI is InChI=1S/C11H8ClN3/c1-7-14-10(6-13)11(15-7)8-2-4-9(12)5-3-8/h2-5H,1H3,(H,14,15). The van der Waals surface area contributed by atoms with E-state index in [0.717, 1.165) is 17.1 Å². The summed E-state index contributed by atoms with van der Waals surface area (Å²) in [5.41, 5.74) is 2.07. The molecule has 0 fully saturated rings. The predicted molar refractivity (Wildman–Crippen MR) is 58.5 cm³/mol. The monoisotopic (exact) mass is 217 g/mol. The molecule has 2 rings (SSSR count). The van der Waals surface area contributed by atoms with Crippen molar-refractivity contribution >= 4 is 11.6 Å². The van der Waals surface area contributed by atoms with Crippen molar-refractivity contribution in [3.63, 3.8) is 0 Å². The van der Waals surface area contributed by atoms with Crippen LogP contribution in [-0.2, 0) is 0 Å². The zero-order valence-corrected chi connectivity index (χ0v) is 8.84. The molecule has 0 aliphatic heterocycles. The van der Waals surface area contributed by atoms with E-state index in [1.165, 1.54) is 0 Å². The van der Waals surface area contributed by atoms with Crippen molar-refractivity contribution in [3.05, 3.63) is 40.8 Å². The summed E-state index contributed by atoms with van der Waals surface area (Å²) in [6.07, 6.45) is 0. The van der Waals surface area contributed by atoms with Crippen LogP contribution in [0.2, 0.25) is 5.02 Å². The third-order valence-corrected chi connectivity index (χ3v) is 2.31. The van der Waals surface area contributed by atoms with Gasteiger partial charge in [-0.2, -0.15) is 5.26 Å². The molecule has 0 atom stereocenters. The Balaban J connectivity index is 2.54. The van der Waals surface area contributed by atoms with E-state index in [-0.39, 0.29) is 0 Å². The number of benzene rings is 1. The summed E-state index contributed by atoms with van der Waals surface area (Å²) in [6.45, 7) is 1.82. The highest BCUT2D eigenvalue weighted by Crippen LogP contribution is 2.22. The number of nitriles is 1. The van der Waals surface area contributed by atoms with Crippen molar-refractivity contribution in [2.45, 2.75) is 6.92 Å². The number of hydrogen-bond acceptors (Lipinski definition) is 2. The van der Waals surface area contributed by atoms with E-state index in [9.17, 15) is 0 Å². The Morgan fingerprint density at radius 2 is 2.00 bits per heavy atom. The van der Waals surface area contributed by atoms with Crippen molar-refractivity contribution in [2.24, 2.45) is 0 Å². The number of H-pyrrole nitrogens is 1. The SMILES string of the molecule is Cc1nc(C#N)c(-c2ccc(Cl)cc2)[nH]1. The van der Waals surface area contributed by atoms with E-state index < -0.39 is 0 Å². The molecule has 0 saturated heterocycles. The molecule has 0 aliphatic carbocycles. The number of nitrogens with one attached hydrogen (secondary N) is 1. The maximum atomic E-state index is 8.89. The molecule has 1 aromatic carbocycles. The van der Waals surface area contributed by atoms with Gasteiger partial charge in [-0.15, -0.1) is 0 Å². The molecule has 3 nitrogen and oxygen atoms in total. The lowest BCUT2D eigenvalue weighted by Gasteiger charge is -1.97. The van der Waals surface area contributed by atoms with E-state index in [1.807, 2.05) is 19.1 Å². The lowest BCUT2D eigenvalue weighted by atomic mass is 10.1. The average Bonchev–Trinajstić information content (AvgIpc) is 2.61. The molecular formula is C11H8ClN3. The number of hydrogen-bond donors (Lipinski definition) is 1. The summed E-state index contributed by atoms with van der Waals surface area (Å²) in [7, 11) is 0. The van der Waals surface area contributed by atoms with Gasteiger partial charge < -0.3 is 4.98 Å². The predicted octanol–water partition coefficient (Wildman–Crippen LogP) is 2.91. The van der Waals surface area contributed by atoms with Crippen LogP contribution in [0.3, 0.4) is 0 Å². The first-order chi connectivity index (χ1) is 7.20. The van der Waals surface area contributed by atoms with Crippen molar-refractivity contribution in [2.75, 3.05) is 0 Å². The maximum absolute atomic E-state index is 8.89. The van der Waals surface area contributed by atoms with Gasteiger partial charge in [0.1, 0.15) is 11.9 Å². The Labute approximate surface area is 92.3 Å². The van der Waals surface area contributed by atoms with Gasteiger partial charge in [0, 0.05) is 10.6 Å². The normalized spacial score (nSPS) is 9.93. The van der Waals surface area contributed by atoms with Gasteiger partial charge in [0.15, 0.2) is 5.69 Å². The smallest absolute Gasteiger partial charge is 0.166 e. The molecule has 0 unspecified atom stereocenters. The Hall–Kier alpha value is -1.79. The van der Waals surface area contributed by atoms with Crippen molar-refractivity contribution < 1.29 is 0 Å². The number of aromatic nitrogens is 2. The van der Waals surface area contributed by atoms with Crippen LogP contribution in [0.15, 0.2) is 24.3 Å². The zero-order chi connectivity index (χ0) is 10.8. The fraction of sp³-hybridized carbons (Fsp3) is 0.0909. The van der Waals surface area contributed by atoms with Crippen LogP contribution >= 0.6 is 11.6 Å². The van der Waals surface area contributed by atoms with Crippen molar-refractivity contribution in [1.29, 1.82) is 5.26 Å². The van der Waals surface area contributed by atoms with Gasteiger partial charge in [-0.25, -0.2) is 4.98 Å². The molecule has 0 bridgehead atoms. The third kappa shape index (κ3) is 1.85. The third-order valence-electron chi connectivity index (χ3n) is 2.06. The lowest BCUT2D eigenvalue weighted by molar-refractivity contribution is 1.14. The number of rotatable bonds is 1. The highest BCUT2D eigenvalue weighted by atomic mass is 35.5. The molecule has 0 radical (unpaired) electrons. The molecule has 1 N–H and O–H groups in total. The van der Waals surface area contributed by atoms with Crippen molar-refractivity contribution in [1.82, 2.24) is 9.97 Å². The molecule has 0 saturated carbocycles. The summed E-state index contributed by atoms with van der Waals surface area (Å²) in [5, 5.41) is 9.56. The second-order valence-electron chi connectivity index (χ2n) is 3.16. The van der Waals surface area contributed by atoms with Crippen LogP contribution in [0.5, 0.6) is 0 Å². The Kier molecular flexibility index (Phi) is 2.44. The highest BCUT2D eigenvalue weighted by Gasteiger charge is 2.09. The Bertz CT molecular complexity index is 520. The second kappa shape index (κ2) is 3.76. The molecule has 15 heavy (non-hydrogen) atoms. The van der Waals surface area contributed by atoms with E-state index in [0.29, 0.717) is 10.7 Å². The van der Waals surface area contributed by atoms with Crippen LogP contribution in [0, 0.1) is 18.3 Å². The Morgan fingerprint density at radius 3 is 2.60 bits per heavy atom. The summed E-state index contributed by atoms with van der Waals surface area (Å²) in [4.78, 5) is 7.13. The molecular weight excluding hydrogens is 210 g/mol. The van der Waals surface area contributed by atoms with E-state index in [2.05, 4.69) is 16.0 Å². The van der Waals surface area contributed by atoms with Crippen LogP contribution < -0.4 is 0 Å². The first-order valence-electron chi connectivity index (χ1n) is 4.43. The second-order valence-corrected chi connectivity index (χ2v) is 3.60. The zero-order valence-electron chi connectivity index (χ0n) is 8.08. The van der Waals surface area contributed by atoms with Gasteiger partial charge in [0.2, 0.25) is 0 Å². The molecule has 0 aliphatic rings. The topological polar surface area (TPSA) is 52.5 Å². The minimum atomic E-state index is 0.412. The molecule has 0 spiro atoms. The van der Waals surface area contributed by atoms with Crippen molar-refractivity contribution in [3.8, 4) is 17.3 Å². The first-order valence-corrected chi connectivity index (χ1v) is 4.81. The lowest BCUT2D eigenvalue weighted by Crippen LogP contribution is -1.81.